The first-order valence-electron chi connectivity index (χ1n) is 6.51. The van der Waals surface area contributed by atoms with Gasteiger partial charge in [-0.1, -0.05) is 36.8 Å². The number of piperidine rings is 1. The van der Waals surface area contributed by atoms with Gasteiger partial charge in [-0.15, -0.1) is 0 Å². The predicted molar refractivity (Wildman–Crippen MR) is 68.6 cm³/mol. The molecule has 1 heterocycles. The average molecular weight is 254 g/mol. The second-order valence-corrected chi connectivity index (χ2v) is 4.93. The Hall–Kier alpha value is -1.00. The highest BCUT2D eigenvalue weighted by atomic mass is 19.3. The quantitative estimate of drug-likeness (QED) is 0.895. The molecule has 0 spiro atoms. The number of nitrogens with zero attached hydrogens (tertiary/aromatic N) is 1. The van der Waals surface area contributed by atoms with Gasteiger partial charge < -0.3 is 5.73 Å². The molecule has 1 aromatic rings. The summed E-state index contributed by atoms with van der Waals surface area (Å²) in [5.41, 5.74) is 5.75. The van der Waals surface area contributed by atoms with Crippen LogP contribution in [0.25, 0.3) is 0 Å². The highest BCUT2D eigenvalue weighted by molar-refractivity contribution is 5.20. The van der Waals surface area contributed by atoms with E-state index in [1.165, 1.54) is 12.1 Å². The van der Waals surface area contributed by atoms with Crippen molar-refractivity contribution in [3.05, 3.63) is 35.9 Å². The van der Waals surface area contributed by atoms with Crippen molar-refractivity contribution in [3.8, 4) is 0 Å². The Kier molecular flexibility index (Phi) is 4.30. The fourth-order valence-corrected chi connectivity index (χ4v) is 2.56. The molecule has 1 aliphatic heterocycles. The molecule has 1 fully saturated rings. The van der Waals surface area contributed by atoms with E-state index < -0.39 is 5.92 Å². The second kappa shape index (κ2) is 5.76. The van der Waals surface area contributed by atoms with Gasteiger partial charge in [-0.25, -0.2) is 0 Å². The fourth-order valence-electron chi connectivity index (χ4n) is 2.56. The van der Waals surface area contributed by atoms with Crippen LogP contribution >= 0.6 is 0 Å². The minimum Gasteiger partial charge on any atom is -0.329 e. The standard InChI is InChI=1S/C14H20F2N2/c15-14(16,12-6-2-1-3-7-12)11-18-9-5-4-8-13(18)10-17/h1-3,6-7,13H,4-5,8-11,17H2. The molecular weight excluding hydrogens is 234 g/mol. The zero-order valence-electron chi connectivity index (χ0n) is 10.5. The first-order chi connectivity index (χ1) is 8.63. The molecule has 2 nitrogen and oxygen atoms in total. The number of halogens is 2. The molecule has 1 saturated heterocycles. The van der Waals surface area contributed by atoms with Gasteiger partial charge in [0, 0.05) is 18.2 Å². The Balaban J connectivity index is 2.07. The first-order valence-corrected chi connectivity index (χ1v) is 6.51. The van der Waals surface area contributed by atoms with Crippen molar-refractivity contribution in [2.45, 2.75) is 31.2 Å². The molecule has 1 atom stereocenters. The fraction of sp³-hybridized carbons (Fsp3) is 0.571. The number of alkyl halides is 2. The molecule has 2 N–H and O–H groups in total. The van der Waals surface area contributed by atoms with E-state index in [1.807, 2.05) is 4.90 Å². The molecule has 2 rings (SSSR count). The normalized spacial score (nSPS) is 22.1. The third-order valence-corrected chi connectivity index (χ3v) is 3.62. The number of benzene rings is 1. The van der Waals surface area contributed by atoms with Gasteiger partial charge in [-0.3, -0.25) is 4.90 Å². The summed E-state index contributed by atoms with van der Waals surface area (Å²) in [4.78, 5) is 1.84. The highest BCUT2D eigenvalue weighted by Crippen LogP contribution is 2.31. The van der Waals surface area contributed by atoms with Crippen molar-refractivity contribution >= 4 is 0 Å². The molecule has 100 valence electrons. The Bertz CT molecular complexity index is 367. The van der Waals surface area contributed by atoms with Gasteiger partial charge >= 0.3 is 0 Å². The number of hydrogen-bond donors (Lipinski definition) is 1. The van der Waals surface area contributed by atoms with Gasteiger partial charge in [0.1, 0.15) is 0 Å². The monoisotopic (exact) mass is 254 g/mol. The van der Waals surface area contributed by atoms with E-state index in [0.29, 0.717) is 6.54 Å². The molecule has 1 unspecified atom stereocenters. The number of likely N-dealkylation sites (tertiary alicyclic amines) is 1. The van der Waals surface area contributed by atoms with Crippen LogP contribution in [0.15, 0.2) is 30.3 Å². The Morgan fingerprint density at radius 3 is 2.61 bits per heavy atom. The first kappa shape index (κ1) is 13.4. The van der Waals surface area contributed by atoms with Gasteiger partial charge in [0.15, 0.2) is 0 Å². The molecule has 0 aromatic heterocycles. The van der Waals surface area contributed by atoms with Crippen molar-refractivity contribution in [1.82, 2.24) is 4.90 Å². The lowest BCUT2D eigenvalue weighted by molar-refractivity contribution is -0.0531. The van der Waals surface area contributed by atoms with Gasteiger partial charge in [0.2, 0.25) is 0 Å². The topological polar surface area (TPSA) is 29.3 Å². The van der Waals surface area contributed by atoms with Crippen molar-refractivity contribution in [3.63, 3.8) is 0 Å². The van der Waals surface area contributed by atoms with Crippen LogP contribution in [-0.4, -0.2) is 30.6 Å². The minimum absolute atomic E-state index is 0.0892. The summed E-state index contributed by atoms with van der Waals surface area (Å²) >= 11 is 0. The van der Waals surface area contributed by atoms with Gasteiger partial charge in [0.05, 0.1) is 6.54 Å². The number of rotatable bonds is 4. The van der Waals surface area contributed by atoms with Crippen LogP contribution in [0.1, 0.15) is 24.8 Å². The van der Waals surface area contributed by atoms with E-state index in [-0.39, 0.29) is 18.2 Å². The lowest BCUT2D eigenvalue weighted by Gasteiger charge is -2.37. The summed E-state index contributed by atoms with van der Waals surface area (Å²) < 4.78 is 28.3. The molecule has 0 radical (unpaired) electrons. The molecule has 1 aromatic carbocycles. The predicted octanol–water partition coefficient (Wildman–Crippen LogP) is 2.59. The third-order valence-electron chi connectivity index (χ3n) is 3.62. The lowest BCUT2D eigenvalue weighted by atomic mass is 10.00. The van der Waals surface area contributed by atoms with Crippen LogP contribution in [0.5, 0.6) is 0 Å². The maximum atomic E-state index is 14.2. The second-order valence-electron chi connectivity index (χ2n) is 4.93. The number of nitrogens with two attached hydrogens (primary N) is 1. The molecule has 0 saturated carbocycles. The smallest absolute Gasteiger partial charge is 0.285 e. The van der Waals surface area contributed by atoms with Crippen LogP contribution in [0.3, 0.4) is 0 Å². The van der Waals surface area contributed by atoms with E-state index in [4.69, 9.17) is 5.73 Å². The van der Waals surface area contributed by atoms with Crippen LogP contribution in [-0.2, 0) is 5.92 Å². The molecule has 18 heavy (non-hydrogen) atoms. The Morgan fingerprint density at radius 1 is 1.22 bits per heavy atom. The molecule has 0 amide bonds. The summed E-state index contributed by atoms with van der Waals surface area (Å²) in [7, 11) is 0. The largest absolute Gasteiger partial charge is 0.329 e. The third kappa shape index (κ3) is 3.06. The van der Waals surface area contributed by atoms with E-state index in [0.717, 1.165) is 25.8 Å². The summed E-state index contributed by atoms with van der Waals surface area (Å²) in [5, 5.41) is 0. The summed E-state index contributed by atoms with van der Waals surface area (Å²) in [6.07, 6.45) is 3.01. The molecule has 0 aliphatic carbocycles. The van der Waals surface area contributed by atoms with Crippen LogP contribution in [0, 0.1) is 0 Å². The number of hydrogen-bond acceptors (Lipinski definition) is 2. The van der Waals surface area contributed by atoms with Gasteiger partial charge in [-0.05, 0) is 19.4 Å². The van der Waals surface area contributed by atoms with Crippen LogP contribution in [0.4, 0.5) is 8.78 Å². The maximum absolute atomic E-state index is 14.2. The summed E-state index contributed by atoms with van der Waals surface area (Å²) in [6, 6.07) is 8.14. The van der Waals surface area contributed by atoms with Crippen LogP contribution in [0.2, 0.25) is 0 Å². The van der Waals surface area contributed by atoms with E-state index in [1.54, 1.807) is 18.2 Å². The van der Waals surface area contributed by atoms with E-state index >= 15 is 0 Å². The van der Waals surface area contributed by atoms with Gasteiger partial charge in [-0.2, -0.15) is 8.78 Å². The van der Waals surface area contributed by atoms with E-state index in [9.17, 15) is 8.78 Å². The lowest BCUT2D eigenvalue weighted by Crippen LogP contribution is -2.48. The van der Waals surface area contributed by atoms with Crippen molar-refractivity contribution in [2.24, 2.45) is 5.73 Å². The van der Waals surface area contributed by atoms with Gasteiger partial charge in [0.25, 0.3) is 5.92 Å². The maximum Gasteiger partial charge on any atom is 0.285 e. The molecular formula is C14H20F2N2. The average Bonchev–Trinajstić information content (AvgIpc) is 2.40. The molecule has 1 aliphatic rings. The Labute approximate surface area is 107 Å². The minimum atomic E-state index is -2.80. The van der Waals surface area contributed by atoms with Crippen molar-refractivity contribution < 1.29 is 8.78 Å². The molecule has 4 heteroatoms. The molecule has 0 bridgehead atoms. The Morgan fingerprint density at radius 2 is 1.94 bits per heavy atom. The summed E-state index contributed by atoms with van der Waals surface area (Å²) in [5.74, 6) is -2.80. The SMILES string of the molecule is NCC1CCCCN1CC(F)(F)c1ccccc1. The van der Waals surface area contributed by atoms with Crippen molar-refractivity contribution in [1.29, 1.82) is 0 Å². The zero-order chi connectivity index (χ0) is 13.0. The van der Waals surface area contributed by atoms with E-state index in [2.05, 4.69) is 0 Å². The summed E-state index contributed by atoms with van der Waals surface area (Å²) in [6.45, 7) is 0.966. The zero-order valence-corrected chi connectivity index (χ0v) is 10.5. The highest BCUT2D eigenvalue weighted by Gasteiger charge is 2.36. The van der Waals surface area contributed by atoms with Crippen LogP contribution < -0.4 is 5.73 Å². The van der Waals surface area contributed by atoms with Crippen molar-refractivity contribution in [2.75, 3.05) is 19.6 Å².